The molecule has 0 saturated carbocycles. The highest BCUT2D eigenvalue weighted by Crippen LogP contribution is 2.42. The minimum Gasteiger partial charge on any atom is -0.507 e. The van der Waals surface area contributed by atoms with Crippen LogP contribution < -0.4 is 5.43 Å². The third-order valence-corrected chi connectivity index (χ3v) is 5.56. The molecule has 7 heteroatoms. The molecule has 0 aliphatic carbocycles. The summed E-state index contributed by atoms with van der Waals surface area (Å²) in [5, 5.41) is 31.7. The van der Waals surface area contributed by atoms with Gasteiger partial charge in [0.2, 0.25) is 0 Å². The third kappa shape index (κ3) is 3.13. The summed E-state index contributed by atoms with van der Waals surface area (Å²) in [7, 11) is 1.89. The lowest BCUT2D eigenvalue weighted by molar-refractivity contribution is 0.0630. The number of rotatable bonds is 2. The van der Waals surface area contributed by atoms with Gasteiger partial charge in [0.1, 0.15) is 28.2 Å². The molecule has 6 nitrogen and oxygen atoms in total. The number of aliphatic hydroxyl groups excluding tert-OH is 1. The number of nitrogens with zero attached hydrogens (tertiary/aromatic N) is 1. The van der Waals surface area contributed by atoms with E-state index in [1.165, 1.54) is 24.3 Å². The number of likely N-dealkylation sites (N-methyl/N-ethyl adjacent to an activating group) is 1. The first-order valence-electron chi connectivity index (χ1n) is 9.42. The van der Waals surface area contributed by atoms with Gasteiger partial charge in [-0.05, 0) is 32.1 Å². The lowest BCUT2D eigenvalue weighted by Crippen LogP contribution is -2.40. The van der Waals surface area contributed by atoms with Crippen molar-refractivity contribution in [3.63, 3.8) is 0 Å². The van der Waals surface area contributed by atoms with E-state index in [1.54, 1.807) is 0 Å². The Balaban J connectivity index is 2.00. The number of piperidine rings is 1. The summed E-state index contributed by atoms with van der Waals surface area (Å²) in [5.74, 6) is -0.991. The van der Waals surface area contributed by atoms with E-state index in [0.717, 1.165) is 6.07 Å². The van der Waals surface area contributed by atoms with Crippen LogP contribution in [0, 0.1) is 0 Å². The highest BCUT2D eigenvalue weighted by molar-refractivity contribution is 6.33. The van der Waals surface area contributed by atoms with Gasteiger partial charge in [-0.15, -0.1) is 0 Å². The molecule has 1 fully saturated rings. The number of phenolic OH excluding ortho intramolecular Hbond substituents is 2. The number of hydrogen-bond donors (Lipinski definition) is 3. The van der Waals surface area contributed by atoms with Crippen molar-refractivity contribution in [3.8, 4) is 22.8 Å². The minimum absolute atomic E-state index is 0.0186. The number of phenols is 2. The summed E-state index contributed by atoms with van der Waals surface area (Å²) in [6.45, 7) is 1.10. The Kier molecular flexibility index (Phi) is 4.47. The summed E-state index contributed by atoms with van der Waals surface area (Å²) >= 11 is 6.23. The van der Waals surface area contributed by atoms with Crippen LogP contribution in [0.3, 0.4) is 0 Å². The van der Waals surface area contributed by atoms with Crippen LogP contribution in [0.5, 0.6) is 11.5 Å². The predicted octanol–water partition coefficient (Wildman–Crippen LogP) is 3.30. The number of aliphatic hydroxyl groups is 1. The molecule has 3 aromatic rings. The van der Waals surface area contributed by atoms with Gasteiger partial charge in [0.05, 0.1) is 12.5 Å². The maximum absolute atomic E-state index is 12.8. The molecule has 2 heterocycles. The molecule has 1 aliphatic rings. The van der Waals surface area contributed by atoms with E-state index >= 15 is 0 Å². The van der Waals surface area contributed by atoms with Gasteiger partial charge < -0.3 is 24.6 Å². The first kappa shape index (κ1) is 17.6. The van der Waals surface area contributed by atoms with Gasteiger partial charge >= 0.3 is 0 Å². The molecule has 0 bridgehead atoms. The Hall–Kier alpha value is -2.54. The monoisotopic (exact) mass is 402 g/mol. The molecule has 0 radical (unpaired) electrons. The van der Waals surface area contributed by atoms with Crippen LogP contribution in [0.25, 0.3) is 22.3 Å². The average Bonchev–Trinajstić information content (AvgIpc) is 2.64. The number of halogens is 1. The molecule has 1 aromatic heterocycles. The van der Waals surface area contributed by atoms with Gasteiger partial charge in [0.15, 0.2) is 5.43 Å². The van der Waals surface area contributed by atoms with Crippen molar-refractivity contribution >= 4 is 22.6 Å². The van der Waals surface area contributed by atoms with Crippen LogP contribution in [0.2, 0.25) is 5.02 Å². The van der Waals surface area contributed by atoms with Gasteiger partial charge in [0.25, 0.3) is 0 Å². The molecule has 1 aliphatic heterocycles. The van der Waals surface area contributed by atoms with E-state index in [0.29, 0.717) is 30.1 Å². The van der Waals surface area contributed by atoms with Gasteiger partial charge in [0, 0.05) is 35.7 Å². The number of aromatic hydroxyl groups is 2. The summed E-state index contributed by atoms with van der Waals surface area (Å²) in [5.41, 5.74) is 0.158. The SMILES string of the molecule is [2H]c1ccc(Cl)c(-c2cc(=O)c3c(O)cc(O)c([C@H]4CCN(C)C[C@H]4O)c3o2)c1. The van der Waals surface area contributed by atoms with Crippen molar-refractivity contribution in [3.05, 3.63) is 57.2 Å². The molecule has 2 atom stereocenters. The standard InChI is InChI=1S/C21H20ClNO5/c1-23-7-6-12(17(27)10-23)19-14(24)8-15(25)20-16(26)9-18(28-21(19)20)11-4-2-3-5-13(11)22/h2-5,8-9,12,17,24-25,27H,6-7,10H2,1H3/t12-,17+/m0/s1/i2D. The zero-order valence-electron chi connectivity index (χ0n) is 16.1. The Bertz CT molecular complexity index is 1160. The van der Waals surface area contributed by atoms with Crippen LogP contribution >= 0.6 is 11.6 Å². The molecule has 3 N–H and O–H groups in total. The highest BCUT2D eigenvalue weighted by atomic mass is 35.5. The second-order valence-electron chi connectivity index (χ2n) is 7.14. The summed E-state index contributed by atoms with van der Waals surface area (Å²) < 4.78 is 13.8. The molecular weight excluding hydrogens is 382 g/mol. The van der Waals surface area contributed by atoms with E-state index in [9.17, 15) is 20.1 Å². The number of hydrogen-bond acceptors (Lipinski definition) is 6. The average molecular weight is 403 g/mol. The van der Waals surface area contributed by atoms with Crippen molar-refractivity contribution in [1.29, 1.82) is 0 Å². The van der Waals surface area contributed by atoms with Crippen LogP contribution in [-0.4, -0.2) is 46.5 Å². The van der Waals surface area contributed by atoms with Crippen LogP contribution in [0.15, 0.2) is 45.6 Å². The van der Waals surface area contributed by atoms with E-state index in [2.05, 4.69) is 0 Å². The largest absolute Gasteiger partial charge is 0.507 e. The maximum Gasteiger partial charge on any atom is 0.197 e. The number of β-amino-alcohol motifs (C(OH)–C–C–N with tert-alkyl or cyclic N) is 1. The van der Waals surface area contributed by atoms with Gasteiger partial charge in [-0.3, -0.25) is 4.79 Å². The highest BCUT2D eigenvalue weighted by Gasteiger charge is 2.33. The third-order valence-electron chi connectivity index (χ3n) is 5.23. The Morgan fingerprint density at radius 2 is 2.07 bits per heavy atom. The summed E-state index contributed by atoms with van der Waals surface area (Å²) in [6, 6.07) is 7.02. The van der Waals surface area contributed by atoms with E-state index in [1.807, 2.05) is 11.9 Å². The molecule has 0 amide bonds. The van der Waals surface area contributed by atoms with Crippen molar-refractivity contribution < 1.29 is 21.1 Å². The number of benzene rings is 2. The fourth-order valence-corrected chi connectivity index (χ4v) is 4.05. The summed E-state index contributed by atoms with van der Waals surface area (Å²) in [6.07, 6.45) is -0.233. The van der Waals surface area contributed by atoms with Gasteiger partial charge in [-0.1, -0.05) is 23.7 Å². The van der Waals surface area contributed by atoms with E-state index < -0.39 is 23.2 Å². The molecular formula is C21H20ClNO5. The van der Waals surface area contributed by atoms with E-state index in [4.69, 9.17) is 17.4 Å². The molecule has 1 saturated heterocycles. The second-order valence-corrected chi connectivity index (χ2v) is 7.55. The Morgan fingerprint density at radius 1 is 1.29 bits per heavy atom. The molecule has 0 unspecified atom stereocenters. The van der Waals surface area contributed by atoms with Gasteiger partial charge in [-0.25, -0.2) is 0 Å². The minimum atomic E-state index is -0.776. The zero-order valence-corrected chi connectivity index (χ0v) is 15.9. The molecule has 28 heavy (non-hydrogen) atoms. The quantitative estimate of drug-likeness (QED) is 0.609. The van der Waals surface area contributed by atoms with Crippen molar-refractivity contribution in [2.24, 2.45) is 0 Å². The first-order chi connectivity index (χ1) is 13.8. The smallest absolute Gasteiger partial charge is 0.197 e. The van der Waals surface area contributed by atoms with Crippen LogP contribution in [0.1, 0.15) is 19.3 Å². The molecule has 0 spiro atoms. The zero-order chi connectivity index (χ0) is 20.9. The molecule has 4 rings (SSSR count). The maximum atomic E-state index is 12.8. The van der Waals surface area contributed by atoms with Crippen LogP contribution in [-0.2, 0) is 0 Å². The number of fused-ring (bicyclic) bond motifs is 1. The van der Waals surface area contributed by atoms with Gasteiger partial charge in [-0.2, -0.15) is 0 Å². The topological polar surface area (TPSA) is 94.1 Å². The Morgan fingerprint density at radius 3 is 2.82 bits per heavy atom. The van der Waals surface area contributed by atoms with Crippen molar-refractivity contribution in [2.45, 2.75) is 18.4 Å². The van der Waals surface area contributed by atoms with Crippen molar-refractivity contribution in [2.75, 3.05) is 20.1 Å². The summed E-state index contributed by atoms with van der Waals surface area (Å²) in [4.78, 5) is 14.8. The molecule has 146 valence electrons. The lowest BCUT2D eigenvalue weighted by Gasteiger charge is -2.34. The van der Waals surface area contributed by atoms with Crippen LogP contribution in [0.4, 0.5) is 0 Å². The van der Waals surface area contributed by atoms with E-state index in [-0.39, 0.29) is 34.1 Å². The fraction of sp³-hybridized carbons (Fsp3) is 0.286. The predicted molar refractivity (Wildman–Crippen MR) is 107 cm³/mol. The second kappa shape index (κ2) is 7.13. The molecule has 2 aromatic carbocycles. The fourth-order valence-electron chi connectivity index (χ4n) is 3.84. The van der Waals surface area contributed by atoms with Crippen molar-refractivity contribution in [1.82, 2.24) is 4.90 Å². The lowest BCUT2D eigenvalue weighted by atomic mass is 9.85. The first-order valence-corrected chi connectivity index (χ1v) is 9.30. The Labute approximate surface area is 167 Å². The normalized spacial score (nSPS) is 21.0. The number of likely N-dealkylation sites (tertiary alicyclic amines) is 1.